The third-order valence-electron chi connectivity index (χ3n) is 4.79. The van der Waals surface area contributed by atoms with E-state index in [2.05, 4.69) is 55.7 Å². The Kier molecular flexibility index (Phi) is 3.68. The van der Waals surface area contributed by atoms with Crippen molar-refractivity contribution in [2.24, 2.45) is 0 Å². The number of nitrogens with two attached hydrogens (primary N) is 1. The molecule has 1 aliphatic carbocycles. The van der Waals surface area contributed by atoms with Gasteiger partial charge in [0.2, 0.25) is 5.36 Å². The van der Waals surface area contributed by atoms with Gasteiger partial charge in [-0.15, -0.1) is 0 Å². The summed E-state index contributed by atoms with van der Waals surface area (Å²) in [5.74, 6) is 0.780. The molecule has 0 unspecified atom stereocenters. The van der Waals surface area contributed by atoms with E-state index >= 15 is 0 Å². The molecule has 0 saturated heterocycles. The molecule has 126 valence electrons. The van der Waals surface area contributed by atoms with E-state index in [1.807, 2.05) is 12.1 Å². The highest BCUT2D eigenvalue weighted by atomic mass is 16.3. The minimum absolute atomic E-state index is 0.719. The highest BCUT2D eigenvalue weighted by Crippen LogP contribution is 2.33. The lowest BCUT2D eigenvalue weighted by atomic mass is 10.0. The Hall–Kier alpha value is -2.88. The van der Waals surface area contributed by atoms with Crippen LogP contribution in [-0.4, -0.2) is 18.1 Å². The van der Waals surface area contributed by atoms with Crippen molar-refractivity contribution in [2.75, 3.05) is 18.8 Å². The van der Waals surface area contributed by atoms with E-state index in [-0.39, 0.29) is 0 Å². The number of aryl methyl sites for hydroxylation is 1. The number of hydrogen-bond donors (Lipinski definition) is 1. The van der Waals surface area contributed by atoms with Gasteiger partial charge in [0, 0.05) is 28.6 Å². The third-order valence-corrected chi connectivity index (χ3v) is 4.79. The lowest BCUT2D eigenvalue weighted by Gasteiger charge is -2.10. The molecule has 0 radical (unpaired) electrons. The maximum Gasteiger partial charge on any atom is 0.203 e. The zero-order valence-corrected chi connectivity index (χ0v) is 14.8. The summed E-state index contributed by atoms with van der Waals surface area (Å²) in [5, 5.41) is 3.19. The summed E-state index contributed by atoms with van der Waals surface area (Å²) in [6, 6.07) is 14.3. The van der Waals surface area contributed by atoms with Crippen LogP contribution in [0, 0.1) is 6.92 Å². The number of rotatable bonds is 2. The largest absolute Gasteiger partial charge is 0.452 e. The molecule has 0 saturated carbocycles. The fourth-order valence-electron chi connectivity index (χ4n) is 3.42. The smallest absolute Gasteiger partial charge is 0.203 e. The van der Waals surface area contributed by atoms with Crippen LogP contribution in [0.3, 0.4) is 0 Å². The average Bonchev–Trinajstić information content (AvgIpc) is 2.61. The molecule has 1 aliphatic heterocycles. The van der Waals surface area contributed by atoms with Gasteiger partial charge in [-0.25, -0.2) is 9.56 Å². The van der Waals surface area contributed by atoms with E-state index in [0.29, 0.717) is 0 Å². The molecular formula is C21H22N3O+. The number of nitrogens with zero attached hydrogens (tertiary/aromatic N) is 2. The average molecular weight is 332 g/mol. The van der Waals surface area contributed by atoms with Crippen molar-refractivity contribution in [1.82, 2.24) is 9.56 Å². The number of nitrogen functional groups attached to an aromatic ring is 1. The van der Waals surface area contributed by atoms with Crippen LogP contribution in [-0.2, 0) is 0 Å². The van der Waals surface area contributed by atoms with Crippen molar-refractivity contribution >= 4 is 27.6 Å². The molecule has 4 nitrogen and oxygen atoms in total. The fourth-order valence-corrected chi connectivity index (χ4v) is 3.42. The number of fused-ring (bicyclic) bond motifs is 4. The summed E-state index contributed by atoms with van der Waals surface area (Å²) in [6.45, 7) is 8.28. The van der Waals surface area contributed by atoms with Gasteiger partial charge in [-0.2, -0.15) is 0 Å². The molecule has 0 atom stereocenters. The van der Waals surface area contributed by atoms with Gasteiger partial charge >= 0.3 is 0 Å². The molecule has 4 heteroatoms. The van der Waals surface area contributed by atoms with Crippen molar-refractivity contribution in [3.8, 4) is 11.5 Å². The minimum atomic E-state index is 0.719. The van der Waals surface area contributed by atoms with E-state index in [0.717, 1.165) is 57.5 Å². The maximum atomic E-state index is 6.26. The monoisotopic (exact) mass is 332 g/mol. The van der Waals surface area contributed by atoms with E-state index in [1.165, 1.54) is 5.56 Å². The van der Waals surface area contributed by atoms with Gasteiger partial charge in [0.05, 0.1) is 6.07 Å². The Morgan fingerprint density at radius 3 is 2.56 bits per heavy atom. The molecule has 2 aromatic carbocycles. The van der Waals surface area contributed by atoms with Crippen molar-refractivity contribution in [2.45, 2.75) is 20.8 Å². The number of hydrogen-bond acceptors (Lipinski definition) is 3. The van der Waals surface area contributed by atoms with Gasteiger partial charge < -0.3 is 10.2 Å². The predicted octanol–water partition coefficient (Wildman–Crippen LogP) is 3.79. The quantitative estimate of drug-likeness (QED) is 0.263. The number of aromatic nitrogens is 1. The topological polar surface area (TPSA) is 55.1 Å². The zero-order valence-electron chi connectivity index (χ0n) is 14.8. The summed E-state index contributed by atoms with van der Waals surface area (Å²) in [5.41, 5.74) is 10.6. The van der Waals surface area contributed by atoms with Gasteiger partial charge in [0.25, 0.3) is 0 Å². The van der Waals surface area contributed by atoms with Crippen LogP contribution in [0.5, 0.6) is 0 Å². The third kappa shape index (κ3) is 2.54. The highest BCUT2D eigenvalue weighted by molar-refractivity contribution is 6.09. The van der Waals surface area contributed by atoms with Gasteiger partial charge in [0.1, 0.15) is 24.3 Å². The van der Waals surface area contributed by atoms with E-state index in [1.54, 1.807) is 0 Å². The van der Waals surface area contributed by atoms with Crippen LogP contribution in [0.25, 0.3) is 33.3 Å². The minimum Gasteiger partial charge on any atom is -0.452 e. The molecule has 1 heterocycles. The van der Waals surface area contributed by atoms with Crippen molar-refractivity contribution in [3.05, 3.63) is 53.4 Å². The molecule has 4 rings (SSSR count). The van der Waals surface area contributed by atoms with Crippen LogP contribution in [0.4, 0.5) is 5.69 Å². The first-order chi connectivity index (χ1) is 12.1. The normalized spacial score (nSPS) is 11.5. The lowest BCUT2D eigenvalue weighted by Crippen LogP contribution is -2.29. The van der Waals surface area contributed by atoms with Crippen molar-refractivity contribution in [1.29, 1.82) is 0 Å². The van der Waals surface area contributed by atoms with E-state index < -0.39 is 0 Å². The summed E-state index contributed by atoms with van der Waals surface area (Å²) in [6.07, 6.45) is 0. The molecule has 2 aliphatic rings. The molecule has 0 fully saturated rings. The summed E-state index contributed by atoms with van der Waals surface area (Å²) < 4.78 is 8.46. The second-order valence-electron chi connectivity index (χ2n) is 6.40. The predicted molar refractivity (Wildman–Crippen MR) is 104 cm³/mol. The van der Waals surface area contributed by atoms with Crippen LogP contribution >= 0.6 is 0 Å². The van der Waals surface area contributed by atoms with Gasteiger partial charge in [0.15, 0.2) is 11.3 Å². The van der Waals surface area contributed by atoms with E-state index in [4.69, 9.17) is 15.1 Å². The molecule has 25 heavy (non-hydrogen) atoms. The molecular weight excluding hydrogens is 310 g/mol. The lowest BCUT2D eigenvalue weighted by molar-refractivity contribution is 0.600. The van der Waals surface area contributed by atoms with Crippen molar-refractivity contribution in [3.63, 3.8) is 0 Å². The molecule has 0 spiro atoms. The second-order valence-corrected chi connectivity index (χ2v) is 6.40. The number of benzene rings is 3. The molecule has 2 aromatic rings. The Morgan fingerprint density at radius 2 is 1.80 bits per heavy atom. The Bertz CT molecular complexity index is 1140. The SMILES string of the molecule is CC[N+](CC)=c1ccc2nc3c(cc(N)c4cc(C)ccc43)oc-2c1. The summed E-state index contributed by atoms with van der Waals surface area (Å²) in [4.78, 5) is 4.86. The zero-order chi connectivity index (χ0) is 17.6. The molecule has 2 N–H and O–H groups in total. The second kappa shape index (κ2) is 5.88. The molecule has 0 bridgehead atoms. The summed E-state index contributed by atoms with van der Waals surface area (Å²) >= 11 is 0. The van der Waals surface area contributed by atoms with E-state index in [9.17, 15) is 0 Å². The first-order valence-electron chi connectivity index (χ1n) is 8.72. The van der Waals surface area contributed by atoms with Gasteiger partial charge in [-0.3, -0.25) is 0 Å². The first kappa shape index (κ1) is 15.6. The first-order valence-corrected chi connectivity index (χ1v) is 8.72. The molecule has 0 amide bonds. The Morgan fingerprint density at radius 1 is 1.00 bits per heavy atom. The Balaban J connectivity index is 2.09. The van der Waals surface area contributed by atoms with Gasteiger partial charge in [-0.05, 0) is 32.9 Å². The van der Waals surface area contributed by atoms with Crippen LogP contribution in [0.2, 0.25) is 0 Å². The standard InChI is InChI=1S/C21H21N3O/c1-4-24(5-2)14-7-9-18-19(11-14)25-20-12-17(22)16-10-13(3)6-8-15(16)21(20)23-18/h6-12,22H,4-5H2,1-3H3/p+1. The Labute approximate surface area is 146 Å². The van der Waals surface area contributed by atoms with Crippen LogP contribution in [0.15, 0.2) is 46.9 Å². The highest BCUT2D eigenvalue weighted by Gasteiger charge is 2.14. The number of anilines is 1. The molecule has 0 aromatic heterocycles. The maximum absolute atomic E-state index is 6.26. The van der Waals surface area contributed by atoms with Gasteiger partial charge in [-0.1, -0.05) is 17.7 Å². The fraction of sp³-hybridized carbons (Fsp3) is 0.238. The van der Waals surface area contributed by atoms with Crippen molar-refractivity contribution < 1.29 is 4.42 Å². The summed E-state index contributed by atoms with van der Waals surface area (Å²) in [7, 11) is 0. The van der Waals surface area contributed by atoms with Crippen LogP contribution < -0.4 is 15.7 Å². The van der Waals surface area contributed by atoms with Crippen LogP contribution in [0.1, 0.15) is 19.4 Å².